The van der Waals surface area contributed by atoms with Gasteiger partial charge in [0.05, 0.1) is 25.4 Å². The van der Waals surface area contributed by atoms with E-state index >= 15 is 0 Å². The first-order valence-corrected chi connectivity index (χ1v) is 34.6. The molecular formula is C70H135NO5. The van der Waals surface area contributed by atoms with E-state index in [-0.39, 0.29) is 18.5 Å². The third kappa shape index (κ3) is 61.6. The van der Waals surface area contributed by atoms with Crippen LogP contribution >= 0.6 is 0 Å². The number of hydrogen-bond acceptors (Lipinski definition) is 5. The van der Waals surface area contributed by atoms with Crippen molar-refractivity contribution in [3.05, 3.63) is 24.3 Å². The number of esters is 1. The fourth-order valence-electron chi connectivity index (χ4n) is 11.0. The third-order valence-electron chi connectivity index (χ3n) is 16.3. The lowest BCUT2D eigenvalue weighted by Crippen LogP contribution is -2.45. The lowest BCUT2D eigenvalue weighted by Gasteiger charge is -2.22. The summed E-state index contributed by atoms with van der Waals surface area (Å²) < 4.78 is 5.49. The third-order valence-corrected chi connectivity index (χ3v) is 16.3. The van der Waals surface area contributed by atoms with Crippen molar-refractivity contribution in [3.63, 3.8) is 0 Å². The van der Waals surface area contributed by atoms with Crippen LogP contribution in [0.2, 0.25) is 0 Å². The van der Waals surface area contributed by atoms with Gasteiger partial charge in [0.1, 0.15) is 0 Å². The summed E-state index contributed by atoms with van der Waals surface area (Å²) in [7, 11) is 0. The molecule has 76 heavy (non-hydrogen) atoms. The molecule has 0 aliphatic heterocycles. The number of aliphatic hydroxyl groups is 2. The minimum Gasteiger partial charge on any atom is -0.466 e. The normalized spacial score (nSPS) is 12.6. The molecule has 1 amide bonds. The fourth-order valence-corrected chi connectivity index (χ4v) is 11.0. The summed E-state index contributed by atoms with van der Waals surface area (Å²) in [5, 5.41) is 23.4. The largest absolute Gasteiger partial charge is 0.466 e. The van der Waals surface area contributed by atoms with Gasteiger partial charge in [0.25, 0.3) is 0 Å². The highest BCUT2D eigenvalue weighted by molar-refractivity contribution is 5.76. The van der Waals surface area contributed by atoms with Gasteiger partial charge in [-0.3, -0.25) is 9.59 Å². The number of nitrogens with one attached hydrogen (secondary N) is 1. The average Bonchev–Trinajstić information content (AvgIpc) is 3.42. The van der Waals surface area contributed by atoms with Crippen molar-refractivity contribution in [2.75, 3.05) is 13.2 Å². The summed E-state index contributed by atoms with van der Waals surface area (Å²) >= 11 is 0. The zero-order chi connectivity index (χ0) is 55.0. The number of allylic oxidation sites excluding steroid dienone is 4. The van der Waals surface area contributed by atoms with Gasteiger partial charge < -0.3 is 20.3 Å². The molecule has 0 bridgehead atoms. The Morgan fingerprint density at radius 2 is 0.658 bits per heavy atom. The maximum Gasteiger partial charge on any atom is 0.305 e. The smallest absolute Gasteiger partial charge is 0.305 e. The number of ether oxygens (including phenoxy) is 1. The number of carbonyl (C=O) groups excluding carboxylic acids is 2. The molecule has 0 aliphatic rings. The van der Waals surface area contributed by atoms with E-state index in [1.165, 1.54) is 302 Å². The van der Waals surface area contributed by atoms with Crippen LogP contribution in [0.3, 0.4) is 0 Å². The van der Waals surface area contributed by atoms with Crippen molar-refractivity contribution in [1.29, 1.82) is 0 Å². The Balaban J connectivity index is 3.36. The Morgan fingerprint density at radius 3 is 1.03 bits per heavy atom. The molecule has 0 aliphatic carbocycles. The number of hydrogen-bond donors (Lipinski definition) is 3. The summed E-state index contributed by atoms with van der Waals surface area (Å²) in [4.78, 5) is 24.6. The molecule has 0 fully saturated rings. The van der Waals surface area contributed by atoms with Gasteiger partial charge in [0.15, 0.2) is 0 Å². The van der Waals surface area contributed by atoms with Gasteiger partial charge in [-0.25, -0.2) is 0 Å². The van der Waals surface area contributed by atoms with E-state index in [2.05, 4.69) is 43.5 Å². The van der Waals surface area contributed by atoms with Gasteiger partial charge >= 0.3 is 5.97 Å². The number of amides is 1. The predicted molar refractivity (Wildman–Crippen MR) is 333 cm³/mol. The summed E-state index contributed by atoms with van der Waals surface area (Å²) in [6, 6.07) is -0.540. The number of rotatable bonds is 65. The van der Waals surface area contributed by atoms with Gasteiger partial charge in [-0.1, -0.05) is 340 Å². The van der Waals surface area contributed by atoms with Crippen LogP contribution in [0.15, 0.2) is 24.3 Å². The van der Waals surface area contributed by atoms with Crippen molar-refractivity contribution in [2.45, 2.75) is 398 Å². The Kier molecular flexibility index (Phi) is 64.4. The van der Waals surface area contributed by atoms with Crippen molar-refractivity contribution in [1.82, 2.24) is 5.32 Å². The van der Waals surface area contributed by atoms with Gasteiger partial charge in [0, 0.05) is 12.8 Å². The van der Waals surface area contributed by atoms with Crippen LogP contribution in [0, 0.1) is 0 Å². The Labute approximate surface area is 475 Å². The first-order chi connectivity index (χ1) is 37.5. The van der Waals surface area contributed by atoms with Crippen LogP contribution in [0.5, 0.6) is 0 Å². The maximum absolute atomic E-state index is 12.5. The van der Waals surface area contributed by atoms with Crippen LogP contribution in [-0.4, -0.2) is 47.4 Å². The Bertz CT molecular complexity index is 1190. The lowest BCUT2D eigenvalue weighted by atomic mass is 10.0. The molecule has 0 aromatic rings. The van der Waals surface area contributed by atoms with Gasteiger partial charge in [-0.2, -0.15) is 0 Å². The van der Waals surface area contributed by atoms with E-state index in [9.17, 15) is 19.8 Å². The van der Waals surface area contributed by atoms with Gasteiger partial charge in [-0.15, -0.1) is 0 Å². The summed E-state index contributed by atoms with van der Waals surface area (Å²) in [6.45, 7) is 4.96. The van der Waals surface area contributed by atoms with E-state index in [1.54, 1.807) is 0 Å². The average molecular weight is 1070 g/mol. The zero-order valence-electron chi connectivity index (χ0n) is 51.5. The van der Waals surface area contributed by atoms with Crippen molar-refractivity contribution in [3.8, 4) is 0 Å². The maximum atomic E-state index is 12.5. The van der Waals surface area contributed by atoms with E-state index in [4.69, 9.17) is 4.74 Å². The van der Waals surface area contributed by atoms with Crippen LogP contribution in [0.1, 0.15) is 386 Å². The topological polar surface area (TPSA) is 95.9 Å². The second-order valence-corrected chi connectivity index (χ2v) is 23.9. The standard InChI is InChI=1S/C70H135NO5/c1-3-5-7-9-11-13-15-17-19-20-31-35-38-42-46-50-54-58-62-68(73)67(66-72)71-69(74)63-59-55-51-47-43-39-36-32-29-27-25-23-21-22-24-26-28-30-33-37-41-45-49-53-57-61-65-76-70(75)64-60-56-52-48-44-40-34-18-16-14-12-10-8-6-4-2/h12,14,18,34,67-68,72-73H,3-11,13,15-17,19-33,35-66H2,1-2H3,(H,71,74)/b14-12-,34-18-. The molecule has 2 atom stereocenters. The van der Waals surface area contributed by atoms with Crippen molar-refractivity contribution in [2.24, 2.45) is 0 Å². The fraction of sp³-hybridized carbons (Fsp3) is 0.914. The van der Waals surface area contributed by atoms with Crippen LogP contribution in [-0.2, 0) is 14.3 Å². The molecule has 0 radical (unpaired) electrons. The van der Waals surface area contributed by atoms with E-state index in [0.717, 1.165) is 51.4 Å². The molecule has 2 unspecified atom stereocenters. The van der Waals surface area contributed by atoms with E-state index < -0.39 is 12.1 Å². The highest BCUT2D eigenvalue weighted by atomic mass is 16.5. The minimum atomic E-state index is -0.663. The molecule has 0 aromatic carbocycles. The molecule has 0 spiro atoms. The van der Waals surface area contributed by atoms with E-state index in [0.29, 0.717) is 25.9 Å². The highest BCUT2D eigenvalue weighted by Gasteiger charge is 2.20. The lowest BCUT2D eigenvalue weighted by molar-refractivity contribution is -0.143. The molecule has 450 valence electrons. The van der Waals surface area contributed by atoms with Crippen LogP contribution < -0.4 is 5.32 Å². The predicted octanol–water partition coefficient (Wildman–Crippen LogP) is 22.1. The summed E-state index contributed by atoms with van der Waals surface area (Å²) in [6.07, 6.45) is 82.2. The molecule has 0 heterocycles. The molecule has 3 N–H and O–H groups in total. The van der Waals surface area contributed by atoms with Gasteiger partial charge in [0.2, 0.25) is 5.91 Å². The second-order valence-electron chi connectivity index (χ2n) is 23.9. The molecule has 0 saturated carbocycles. The Morgan fingerprint density at radius 1 is 0.368 bits per heavy atom. The van der Waals surface area contributed by atoms with Crippen LogP contribution in [0.4, 0.5) is 0 Å². The van der Waals surface area contributed by atoms with Crippen LogP contribution in [0.25, 0.3) is 0 Å². The first-order valence-electron chi connectivity index (χ1n) is 34.6. The zero-order valence-corrected chi connectivity index (χ0v) is 51.5. The van der Waals surface area contributed by atoms with Gasteiger partial charge in [-0.05, 0) is 57.8 Å². The monoisotopic (exact) mass is 1070 g/mol. The molecular weight excluding hydrogens is 935 g/mol. The number of aliphatic hydroxyl groups excluding tert-OH is 2. The van der Waals surface area contributed by atoms with E-state index in [1.807, 2.05) is 0 Å². The highest BCUT2D eigenvalue weighted by Crippen LogP contribution is 2.19. The molecule has 0 rings (SSSR count). The second kappa shape index (κ2) is 65.9. The van der Waals surface area contributed by atoms with Crippen molar-refractivity contribution >= 4 is 11.9 Å². The summed E-state index contributed by atoms with van der Waals surface area (Å²) in [5.74, 6) is -0.0252. The SMILES string of the molecule is CCCCC/C=C\C/C=C\CCCCCCCC(=O)OCCCCCCCCCCCCCCCCCCCCCCCCCCCCC(=O)NC(CO)C(O)CCCCCCCCCCCCCCCCCCCC. The minimum absolute atomic E-state index is 0.00394. The number of unbranched alkanes of at least 4 members (excludes halogenated alkanes) is 50. The molecule has 0 aromatic heterocycles. The number of carbonyl (C=O) groups is 2. The Hall–Kier alpha value is -1.66. The first kappa shape index (κ1) is 74.3. The quantitative estimate of drug-likeness (QED) is 0.0320. The molecule has 6 nitrogen and oxygen atoms in total. The summed E-state index contributed by atoms with van der Waals surface area (Å²) in [5.41, 5.74) is 0. The molecule has 0 saturated heterocycles. The molecule has 6 heteroatoms. The van der Waals surface area contributed by atoms with Crippen molar-refractivity contribution < 1.29 is 24.5 Å².